The molecule has 0 spiro atoms. The Morgan fingerprint density at radius 3 is 2.34 bits per heavy atom. The van der Waals surface area contributed by atoms with Gasteiger partial charge in [0.25, 0.3) is 0 Å². The smallest absolute Gasteiger partial charge is 0.416 e. The van der Waals surface area contributed by atoms with Gasteiger partial charge in [-0.05, 0) is 57.0 Å². The van der Waals surface area contributed by atoms with Crippen LogP contribution in [-0.4, -0.2) is 25.0 Å². The molecule has 1 aromatic heterocycles. The zero-order valence-corrected chi connectivity index (χ0v) is 20.6. The third-order valence-electron chi connectivity index (χ3n) is 4.78. The zero-order chi connectivity index (χ0) is 26.0. The van der Waals surface area contributed by atoms with Gasteiger partial charge in [0.1, 0.15) is 16.5 Å². The molecule has 12 heteroatoms. The van der Waals surface area contributed by atoms with Crippen molar-refractivity contribution in [3.63, 3.8) is 0 Å². The van der Waals surface area contributed by atoms with E-state index in [0.29, 0.717) is 16.3 Å². The number of aromatic nitrogens is 1. The zero-order valence-electron chi connectivity index (χ0n) is 19.0. The number of esters is 1. The SMILES string of the molecule is CC(C)(C)OC(=O)[C@H](Cc1ccc(S(=O)(=O)ON)cc1)c1nc(-c2cccc(C(F)(F)F)c2)cs1. The summed E-state index contributed by atoms with van der Waals surface area (Å²) in [5.41, 5.74) is -0.419. The summed E-state index contributed by atoms with van der Waals surface area (Å²) < 4.78 is 72.4. The Morgan fingerprint density at radius 1 is 1.11 bits per heavy atom. The number of ether oxygens (including phenoxy) is 1. The lowest BCUT2D eigenvalue weighted by molar-refractivity contribution is -0.156. The normalized spacial score (nSPS) is 13.5. The lowest BCUT2D eigenvalue weighted by Gasteiger charge is -2.23. The molecule has 0 aliphatic heterocycles. The minimum Gasteiger partial charge on any atom is -0.459 e. The second kappa shape index (κ2) is 10.1. The van der Waals surface area contributed by atoms with Crippen LogP contribution in [0.25, 0.3) is 11.3 Å². The highest BCUT2D eigenvalue weighted by Crippen LogP contribution is 2.34. The predicted molar refractivity (Wildman–Crippen MR) is 124 cm³/mol. The Labute approximate surface area is 204 Å². The van der Waals surface area contributed by atoms with Gasteiger partial charge in [-0.15, -0.1) is 11.3 Å². The Kier molecular flexibility index (Phi) is 7.70. The van der Waals surface area contributed by atoms with E-state index in [1.165, 1.54) is 36.4 Å². The number of halogens is 3. The minimum absolute atomic E-state index is 0.119. The van der Waals surface area contributed by atoms with Crippen molar-refractivity contribution in [2.75, 3.05) is 0 Å². The van der Waals surface area contributed by atoms with Gasteiger partial charge in [0, 0.05) is 10.9 Å². The van der Waals surface area contributed by atoms with Gasteiger partial charge < -0.3 is 4.74 Å². The average molecular weight is 529 g/mol. The molecule has 0 aliphatic rings. The number of nitrogens with zero attached hydrogens (tertiary/aromatic N) is 1. The molecule has 3 rings (SSSR count). The van der Waals surface area contributed by atoms with Gasteiger partial charge in [0.05, 0.1) is 16.2 Å². The Balaban J connectivity index is 1.94. The van der Waals surface area contributed by atoms with Gasteiger partial charge in [-0.3, -0.25) is 4.79 Å². The summed E-state index contributed by atoms with van der Waals surface area (Å²) in [5.74, 6) is 3.36. The van der Waals surface area contributed by atoms with Crippen molar-refractivity contribution in [2.45, 2.75) is 49.8 Å². The molecule has 0 saturated carbocycles. The molecule has 0 saturated heterocycles. The molecule has 3 aromatic rings. The average Bonchev–Trinajstić information content (AvgIpc) is 3.26. The number of benzene rings is 2. The number of hydrogen-bond acceptors (Lipinski definition) is 8. The van der Waals surface area contributed by atoms with E-state index in [2.05, 4.69) is 9.27 Å². The maximum Gasteiger partial charge on any atom is 0.416 e. The molecule has 2 N–H and O–H groups in total. The van der Waals surface area contributed by atoms with E-state index in [0.717, 1.165) is 23.5 Å². The maximum absolute atomic E-state index is 13.1. The molecule has 188 valence electrons. The first-order valence-electron chi connectivity index (χ1n) is 10.3. The highest BCUT2D eigenvalue weighted by atomic mass is 32.2. The number of rotatable bonds is 7. The van der Waals surface area contributed by atoms with Crippen molar-refractivity contribution in [3.8, 4) is 11.3 Å². The van der Waals surface area contributed by atoms with Crippen molar-refractivity contribution < 1.29 is 35.4 Å². The van der Waals surface area contributed by atoms with Crippen LogP contribution in [0.4, 0.5) is 13.2 Å². The van der Waals surface area contributed by atoms with Crippen LogP contribution in [0.15, 0.2) is 58.8 Å². The number of nitrogens with two attached hydrogens (primary N) is 1. The second-order valence-electron chi connectivity index (χ2n) is 8.63. The van der Waals surface area contributed by atoms with E-state index in [4.69, 9.17) is 10.6 Å². The van der Waals surface area contributed by atoms with Crippen LogP contribution in [0.1, 0.15) is 42.8 Å². The third-order valence-corrected chi connectivity index (χ3v) is 6.84. The van der Waals surface area contributed by atoms with Crippen molar-refractivity contribution in [1.29, 1.82) is 0 Å². The molecular weight excluding hydrogens is 505 g/mol. The van der Waals surface area contributed by atoms with Crippen LogP contribution >= 0.6 is 11.3 Å². The number of thiazole rings is 1. The Bertz CT molecular complexity index is 1300. The summed E-state index contributed by atoms with van der Waals surface area (Å²) >= 11 is 1.12. The van der Waals surface area contributed by atoms with E-state index >= 15 is 0 Å². The number of carbonyl (C=O) groups excluding carboxylic acids is 1. The fraction of sp³-hybridized carbons (Fsp3) is 0.304. The van der Waals surface area contributed by atoms with Crippen molar-refractivity contribution in [1.82, 2.24) is 4.98 Å². The molecular formula is C23H23F3N2O5S2. The van der Waals surface area contributed by atoms with Gasteiger partial charge in [-0.25, -0.2) is 4.98 Å². The summed E-state index contributed by atoms with van der Waals surface area (Å²) in [7, 11) is -4.08. The van der Waals surface area contributed by atoms with E-state index in [1.54, 1.807) is 26.2 Å². The largest absolute Gasteiger partial charge is 0.459 e. The van der Waals surface area contributed by atoms with Crippen LogP contribution in [0, 0.1) is 0 Å². The molecule has 1 atom stereocenters. The van der Waals surface area contributed by atoms with E-state index in [9.17, 15) is 26.4 Å². The van der Waals surface area contributed by atoms with Crippen LogP contribution in [0.2, 0.25) is 0 Å². The molecule has 0 aliphatic carbocycles. The fourth-order valence-electron chi connectivity index (χ4n) is 3.16. The molecule has 1 heterocycles. The van der Waals surface area contributed by atoms with Gasteiger partial charge in [0.15, 0.2) is 0 Å². The van der Waals surface area contributed by atoms with E-state index < -0.39 is 39.3 Å². The molecule has 0 bridgehead atoms. The van der Waals surface area contributed by atoms with Crippen molar-refractivity contribution in [3.05, 3.63) is 70.0 Å². The van der Waals surface area contributed by atoms with Gasteiger partial charge >= 0.3 is 22.3 Å². The second-order valence-corrected chi connectivity index (χ2v) is 11.1. The van der Waals surface area contributed by atoms with Crippen LogP contribution in [0.3, 0.4) is 0 Å². The molecule has 0 radical (unpaired) electrons. The first-order chi connectivity index (χ1) is 16.2. The van der Waals surface area contributed by atoms with Crippen molar-refractivity contribution >= 4 is 27.4 Å². The molecule has 0 unspecified atom stereocenters. The standard InChI is InChI=1S/C23H23F3N2O5S2/c1-22(2,3)32-21(29)18(11-14-7-9-17(10-8-14)35(30,31)33-27)20-28-19(13-34-20)15-5-4-6-16(12-15)23(24,25)26/h4-10,12-13,18H,11,27H2,1-3H3/t18-/m1/s1. The number of hydrogen-bond donors (Lipinski definition) is 1. The van der Waals surface area contributed by atoms with Crippen molar-refractivity contribution in [2.24, 2.45) is 5.90 Å². The fourth-order valence-corrected chi connectivity index (χ4v) is 4.66. The van der Waals surface area contributed by atoms with Gasteiger partial charge in [-0.1, -0.05) is 24.3 Å². The molecule has 2 aromatic carbocycles. The monoisotopic (exact) mass is 528 g/mol. The Morgan fingerprint density at radius 2 is 1.77 bits per heavy atom. The topological polar surface area (TPSA) is 109 Å². The number of carbonyl (C=O) groups is 1. The van der Waals surface area contributed by atoms with Crippen LogP contribution in [0.5, 0.6) is 0 Å². The summed E-state index contributed by atoms with van der Waals surface area (Å²) in [4.78, 5) is 17.3. The molecule has 35 heavy (non-hydrogen) atoms. The summed E-state index contributed by atoms with van der Waals surface area (Å²) in [5, 5.41) is 1.94. The lowest BCUT2D eigenvalue weighted by atomic mass is 9.99. The quantitative estimate of drug-likeness (QED) is 0.337. The van der Waals surface area contributed by atoms with Crippen LogP contribution in [-0.2, 0) is 36.5 Å². The van der Waals surface area contributed by atoms with E-state index in [-0.39, 0.29) is 16.9 Å². The summed E-state index contributed by atoms with van der Waals surface area (Å²) in [6.45, 7) is 5.14. The lowest BCUT2D eigenvalue weighted by Crippen LogP contribution is -2.28. The highest BCUT2D eigenvalue weighted by molar-refractivity contribution is 7.86. The maximum atomic E-state index is 13.1. The molecule has 0 amide bonds. The highest BCUT2D eigenvalue weighted by Gasteiger charge is 2.32. The minimum atomic E-state index is -4.50. The van der Waals surface area contributed by atoms with Gasteiger partial charge in [0.2, 0.25) is 0 Å². The first-order valence-corrected chi connectivity index (χ1v) is 12.6. The summed E-state index contributed by atoms with van der Waals surface area (Å²) in [6.07, 6.45) is -4.38. The predicted octanol–water partition coefficient (Wildman–Crippen LogP) is 5.08. The van der Waals surface area contributed by atoms with Gasteiger partial charge in [-0.2, -0.15) is 31.8 Å². The molecule has 7 nitrogen and oxygen atoms in total. The summed E-state index contributed by atoms with van der Waals surface area (Å²) in [6, 6.07) is 10.4. The molecule has 0 fully saturated rings. The third kappa shape index (κ3) is 6.88. The van der Waals surface area contributed by atoms with Crippen LogP contribution < -0.4 is 5.90 Å². The number of alkyl halides is 3. The Hall–Kier alpha value is -2.80. The van der Waals surface area contributed by atoms with E-state index in [1.807, 2.05) is 0 Å². The first kappa shape index (κ1) is 26.8.